The molecule has 10 heavy (non-hydrogen) atoms. The average Bonchev–Trinajstić information content (AvgIpc) is 1.88. The topological polar surface area (TPSA) is 9.23 Å². The Labute approximate surface area is 76.6 Å². The maximum Gasteiger partial charge on any atom is 0.133 e. The van der Waals surface area contributed by atoms with E-state index in [1.165, 1.54) is 0 Å². The lowest BCUT2D eigenvalue weighted by atomic mass is 10.3. The maximum absolute atomic E-state index is 4.78. The Kier molecular flexibility index (Phi) is 2.74. The van der Waals surface area contributed by atoms with Gasteiger partial charge in [-0.25, -0.2) is 0 Å². The van der Waals surface area contributed by atoms with E-state index in [1.54, 1.807) is 0 Å². The predicted molar refractivity (Wildman–Crippen MR) is 47.8 cm³/mol. The first-order valence-corrected chi connectivity index (χ1v) is 4.19. The van der Waals surface area contributed by atoms with E-state index in [-0.39, 0.29) is 0 Å². The van der Waals surface area contributed by atoms with Crippen molar-refractivity contribution in [2.75, 3.05) is 0 Å². The van der Waals surface area contributed by atoms with Crippen LogP contribution in [-0.2, 0) is 0 Å². The number of benzene rings is 1. The van der Waals surface area contributed by atoms with E-state index in [4.69, 9.17) is 4.74 Å². The van der Waals surface area contributed by atoms with E-state index < -0.39 is 0 Å². The van der Waals surface area contributed by atoms with Gasteiger partial charge in [-0.2, -0.15) is 0 Å². The van der Waals surface area contributed by atoms with Crippen molar-refractivity contribution in [2.24, 2.45) is 0 Å². The highest BCUT2D eigenvalue weighted by Gasteiger charge is 1.97. The fourth-order valence-electron chi connectivity index (χ4n) is 0.592. The van der Waals surface area contributed by atoms with Gasteiger partial charge in [0.15, 0.2) is 0 Å². The van der Waals surface area contributed by atoms with E-state index >= 15 is 0 Å². The van der Waals surface area contributed by atoms with Crippen LogP contribution in [0.4, 0.5) is 0 Å². The molecule has 0 unspecified atom stereocenters. The van der Waals surface area contributed by atoms with Crippen LogP contribution in [0.1, 0.15) is 0 Å². The van der Waals surface area contributed by atoms with Crippen LogP contribution in [-0.4, -0.2) is 0 Å². The molecule has 0 fully saturated rings. The molecule has 0 N–H and O–H groups in total. The Morgan fingerprint density at radius 3 is 2.50 bits per heavy atom. The summed E-state index contributed by atoms with van der Waals surface area (Å²) in [4.78, 5) is 0. The second-order valence-electron chi connectivity index (χ2n) is 1.72. The summed E-state index contributed by atoms with van der Waals surface area (Å²) in [7, 11) is 3.30. The van der Waals surface area contributed by atoms with E-state index in [1.807, 2.05) is 18.2 Å². The summed E-state index contributed by atoms with van der Waals surface area (Å²) < 4.78 is 6.70. The highest BCUT2D eigenvalue weighted by Crippen LogP contribution is 2.27. The molecule has 53 valence electrons. The van der Waals surface area contributed by atoms with E-state index in [0.717, 1.165) is 14.7 Å². The third kappa shape index (κ3) is 1.73. The number of ether oxygens (including phenoxy) is 1. The summed E-state index contributed by atoms with van der Waals surface area (Å²) in [6, 6.07) is 5.63. The second kappa shape index (κ2) is 3.39. The van der Waals surface area contributed by atoms with Crippen molar-refractivity contribution in [2.45, 2.75) is 0 Å². The lowest BCUT2D eigenvalue weighted by Crippen LogP contribution is -1.79. The van der Waals surface area contributed by atoms with Crippen molar-refractivity contribution in [3.63, 3.8) is 0 Å². The van der Waals surface area contributed by atoms with Crippen LogP contribution in [0.2, 0.25) is 0 Å². The Morgan fingerprint density at radius 1 is 1.30 bits per heavy atom. The molecule has 0 amide bonds. The number of hydrogen-bond acceptors (Lipinski definition) is 1. The maximum atomic E-state index is 4.78. The van der Waals surface area contributed by atoms with Crippen molar-refractivity contribution < 1.29 is 4.74 Å². The van der Waals surface area contributed by atoms with Crippen LogP contribution in [0, 0.1) is 7.11 Å². The lowest BCUT2D eigenvalue weighted by Gasteiger charge is -2.00. The fraction of sp³-hybridized carbons (Fsp3) is 0. The summed E-state index contributed by atoms with van der Waals surface area (Å²) in [5.41, 5.74) is 0. The van der Waals surface area contributed by atoms with Crippen LogP contribution in [0.5, 0.6) is 5.75 Å². The SMILES string of the molecule is [CH2]Oc1ccc(Br)cc1Br. The van der Waals surface area contributed by atoms with Crippen LogP contribution in [0.25, 0.3) is 0 Å². The molecule has 3 heteroatoms. The van der Waals surface area contributed by atoms with Gasteiger partial charge in [-0.3, -0.25) is 0 Å². The first kappa shape index (κ1) is 8.08. The average molecular weight is 265 g/mol. The highest BCUT2D eigenvalue weighted by atomic mass is 79.9. The molecule has 1 aromatic rings. The molecule has 0 aliphatic rings. The Hall–Kier alpha value is -0.0200. The van der Waals surface area contributed by atoms with Crippen LogP contribution in [0.3, 0.4) is 0 Å². The summed E-state index contributed by atoms with van der Waals surface area (Å²) in [6.45, 7) is 0. The quantitative estimate of drug-likeness (QED) is 0.756. The first-order chi connectivity index (χ1) is 4.74. The standard InChI is InChI=1S/C7H5Br2O/c1-10-7-3-2-5(8)4-6(7)9/h2-4H,1H2. The lowest BCUT2D eigenvalue weighted by molar-refractivity contribution is 0.470. The van der Waals surface area contributed by atoms with Gasteiger partial charge in [-0.05, 0) is 34.1 Å². The van der Waals surface area contributed by atoms with Crippen molar-refractivity contribution in [3.05, 3.63) is 34.3 Å². The zero-order valence-electron chi connectivity index (χ0n) is 5.10. The minimum atomic E-state index is 0.739. The number of hydrogen-bond donors (Lipinski definition) is 0. The fourth-order valence-corrected chi connectivity index (χ4v) is 1.75. The third-order valence-electron chi connectivity index (χ3n) is 1.05. The zero-order valence-corrected chi connectivity index (χ0v) is 8.28. The zero-order chi connectivity index (χ0) is 7.56. The summed E-state index contributed by atoms with van der Waals surface area (Å²) in [5.74, 6) is 0.739. The molecular formula is C7H5Br2O. The van der Waals surface area contributed by atoms with Gasteiger partial charge in [0, 0.05) is 4.47 Å². The van der Waals surface area contributed by atoms with E-state index in [9.17, 15) is 0 Å². The Morgan fingerprint density at radius 2 is 2.00 bits per heavy atom. The van der Waals surface area contributed by atoms with Crippen LogP contribution in [0.15, 0.2) is 27.1 Å². The summed E-state index contributed by atoms with van der Waals surface area (Å²) in [6.07, 6.45) is 0. The molecule has 0 saturated heterocycles. The Bertz CT molecular complexity index is 235. The molecule has 0 aliphatic heterocycles. The van der Waals surface area contributed by atoms with Crippen LogP contribution >= 0.6 is 31.9 Å². The molecule has 0 saturated carbocycles. The molecule has 0 atom stereocenters. The van der Waals surface area contributed by atoms with E-state index in [2.05, 4.69) is 39.0 Å². The largest absolute Gasteiger partial charge is 0.489 e. The van der Waals surface area contributed by atoms with Crippen molar-refractivity contribution in [1.82, 2.24) is 0 Å². The van der Waals surface area contributed by atoms with Gasteiger partial charge >= 0.3 is 0 Å². The molecule has 0 aliphatic carbocycles. The predicted octanol–water partition coefficient (Wildman–Crippen LogP) is 3.38. The molecule has 0 aromatic heterocycles. The van der Waals surface area contributed by atoms with Gasteiger partial charge in [0.1, 0.15) is 12.9 Å². The molecule has 0 bridgehead atoms. The molecule has 0 heterocycles. The van der Waals surface area contributed by atoms with Crippen molar-refractivity contribution >= 4 is 31.9 Å². The second-order valence-corrected chi connectivity index (χ2v) is 3.49. The third-order valence-corrected chi connectivity index (χ3v) is 2.16. The monoisotopic (exact) mass is 263 g/mol. The number of halogens is 2. The molecule has 1 rings (SSSR count). The molecular weight excluding hydrogens is 260 g/mol. The highest BCUT2D eigenvalue weighted by molar-refractivity contribution is 9.11. The van der Waals surface area contributed by atoms with Gasteiger partial charge in [0.05, 0.1) is 4.47 Å². The first-order valence-electron chi connectivity index (χ1n) is 2.61. The number of rotatable bonds is 1. The summed E-state index contributed by atoms with van der Waals surface area (Å²) >= 11 is 6.63. The van der Waals surface area contributed by atoms with Crippen molar-refractivity contribution in [1.29, 1.82) is 0 Å². The smallest absolute Gasteiger partial charge is 0.133 e. The molecule has 1 aromatic carbocycles. The van der Waals surface area contributed by atoms with Gasteiger partial charge in [-0.15, -0.1) is 0 Å². The van der Waals surface area contributed by atoms with Crippen molar-refractivity contribution in [3.8, 4) is 5.75 Å². The summed E-state index contributed by atoms with van der Waals surface area (Å²) in [5, 5.41) is 0. The minimum Gasteiger partial charge on any atom is -0.489 e. The minimum absolute atomic E-state index is 0.739. The Balaban J connectivity index is 3.07. The van der Waals surface area contributed by atoms with E-state index in [0.29, 0.717) is 0 Å². The van der Waals surface area contributed by atoms with Gasteiger partial charge in [0.25, 0.3) is 0 Å². The normalized spacial score (nSPS) is 9.50. The molecule has 1 radical (unpaired) electrons. The molecule has 0 spiro atoms. The molecule has 1 nitrogen and oxygen atoms in total. The van der Waals surface area contributed by atoms with Gasteiger partial charge in [0.2, 0.25) is 0 Å². The van der Waals surface area contributed by atoms with Gasteiger partial charge < -0.3 is 4.74 Å². The van der Waals surface area contributed by atoms with Crippen LogP contribution < -0.4 is 4.74 Å². The van der Waals surface area contributed by atoms with Gasteiger partial charge in [-0.1, -0.05) is 15.9 Å².